The normalized spacial score (nSPS) is 15.5. The number of nitrogens with zero attached hydrogens (tertiary/aromatic N) is 1. The van der Waals surface area contributed by atoms with Crippen LogP contribution in [0.25, 0.3) is 32.3 Å². The minimum atomic E-state index is -0.526. The minimum Gasteiger partial charge on any atom is -0.246 e. The van der Waals surface area contributed by atoms with E-state index in [4.69, 9.17) is 10.3 Å². The summed E-state index contributed by atoms with van der Waals surface area (Å²) in [5, 5.41) is 3.90. The summed E-state index contributed by atoms with van der Waals surface area (Å²) in [7, 11) is 0. The Morgan fingerprint density at radius 1 is 0.700 bits per heavy atom. The fraction of sp³-hybridized carbons (Fsp3) is 0.429. The Morgan fingerprint density at radius 3 is 1.73 bits per heavy atom. The Kier molecular flexibility index (Phi) is 3.60. The second-order valence-electron chi connectivity index (χ2n) is 11.3. The zero-order valence-electron chi connectivity index (χ0n) is 23.6. The summed E-state index contributed by atoms with van der Waals surface area (Å²) in [5.74, 6) is 0. The summed E-state index contributed by atoms with van der Waals surface area (Å²) in [6.45, 7) is 18.2. The zero-order valence-corrected chi connectivity index (χ0v) is 19.6. The molecule has 0 saturated carbocycles. The summed E-state index contributed by atoms with van der Waals surface area (Å²) in [4.78, 5) is 5.85. The monoisotopic (exact) mass is 404 g/mol. The molecule has 0 aliphatic rings. The van der Waals surface area contributed by atoms with Crippen LogP contribution in [0, 0.1) is 0 Å². The van der Waals surface area contributed by atoms with Crippen molar-refractivity contribution in [3.05, 3.63) is 53.5 Å². The Hall–Kier alpha value is -2.32. The van der Waals surface area contributed by atoms with Crippen molar-refractivity contribution in [2.75, 3.05) is 0 Å². The van der Waals surface area contributed by atoms with Gasteiger partial charge in [-0.3, -0.25) is 0 Å². The van der Waals surface area contributed by atoms with E-state index in [0.717, 1.165) is 21.9 Å². The molecule has 0 amide bonds. The third-order valence-corrected chi connectivity index (χ3v) is 5.43. The van der Waals surface area contributed by atoms with Gasteiger partial charge in [-0.15, -0.1) is 5.48 Å². The van der Waals surface area contributed by atoms with E-state index in [9.17, 15) is 0 Å². The highest BCUT2D eigenvalue weighted by atomic mass is 16.7. The number of benzene rings is 4. The van der Waals surface area contributed by atoms with Crippen molar-refractivity contribution in [3.8, 4) is 0 Å². The predicted molar refractivity (Wildman–Crippen MR) is 130 cm³/mol. The summed E-state index contributed by atoms with van der Waals surface area (Å²) in [5.41, 5.74) is 5.82. The summed E-state index contributed by atoms with van der Waals surface area (Å²) in [6, 6.07) is 6.36. The summed E-state index contributed by atoms with van der Waals surface area (Å²) in [6.07, 6.45) is 0. The van der Waals surface area contributed by atoms with Crippen LogP contribution in [-0.4, -0.2) is 5.60 Å². The molecule has 1 radical (unpaired) electrons. The van der Waals surface area contributed by atoms with Gasteiger partial charge in [0.15, 0.2) is 0 Å². The molecule has 0 fully saturated rings. The van der Waals surface area contributed by atoms with Gasteiger partial charge in [0, 0.05) is 5.39 Å². The van der Waals surface area contributed by atoms with Crippen LogP contribution in [0.5, 0.6) is 0 Å². The van der Waals surface area contributed by atoms with Crippen LogP contribution in [0.3, 0.4) is 0 Å². The molecule has 30 heavy (non-hydrogen) atoms. The molecule has 0 saturated heterocycles. The summed E-state index contributed by atoms with van der Waals surface area (Å²) >= 11 is 0. The van der Waals surface area contributed by atoms with Gasteiger partial charge in [-0.1, -0.05) is 77.8 Å². The molecule has 0 aliphatic heterocycles. The van der Waals surface area contributed by atoms with E-state index in [1.54, 1.807) is 0 Å². The molecule has 2 nitrogen and oxygen atoms in total. The number of rotatable bonds is 2. The van der Waals surface area contributed by atoms with Crippen molar-refractivity contribution in [1.29, 1.82) is 0 Å². The lowest BCUT2D eigenvalue weighted by molar-refractivity contribution is -0.0545. The predicted octanol–water partition coefficient (Wildman–Crippen LogP) is 8.15. The van der Waals surface area contributed by atoms with Crippen LogP contribution in [0.15, 0.2) is 42.4 Å². The highest BCUT2D eigenvalue weighted by molar-refractivity contribution is 6.25. The van der Waals surface area contributed by atoms with Crippen LogP contribution >= 0.6 is 0 Å². The van der Waals surface area contributed by atoms with Crippen molar-refractivity contribution in [3.63, 3.8) is 0 Å². The van der Waals surface area contributed by atoms with Gasteiger partial charge in [0.05, 0.1) is 11.1 Å². The molecule has 0 aliphatic carbocycles. The maximum atomic E-state index is 9.05. The van der Waals surface area contributed by atoms with Gasteiger partial charge in [-0.25, -0.2) is 4.84 Å². The molecular weight excluding hydrogens is 366 g/mol. The van der Waals surface area contributed by atoms with Crippen LogP contribution in [0.1, 0.15) is 78.9 Å². The average Bonchev–Trinajstić information content (AvgIpc) is 2.70. The molecule has 0 bridgehead atoms. The third kappa shape index (κ3) is 3.63. The van der Waals surface area contributed by atoms with Crippen molar-refractivity contribution < 1.29 is 10.3 Å². The highest BCUT2D eigenvalue weighted by Crippen LogP contribution is 2.44. The lowest BCUT2D eigenvalue weighted by atomic mass is 9.80. The number of hydrogen-bond donors (Lipinski definition) is 0. The lowest BCUT2D eigenvalue weighted by Gasteiger charge is -2.27. The Labute approximate surface area is 186 Å². The standard InChI is InChI=1S/C28H34NO/c1-26(2,3)20-14-17-10-11-19-16-22(27(4,5)6)25(29-30-28(7,8)9)21-13-12-18(15-20)23(17)24(19)21/h10-16H,1-9H3/i10D,11D,12D,13D. The zero-order chi connectivity index (χ0) is 25.5. The molecule has 0 heterocycles. The van der Waals surface area contributed by atoms with E-state index in [-0.39, 0.29) is 35.0 Å². The molecule has 0 N–H and O–H groups in total. The van der Waals surface area contributed by atoms with Crippen LogP contribution in [0.2, 0.25) is 0 Å². The van der Waals surface area contributed by atoms with Crippen LogP contribution in [-0.2, 0) is 15.7 Å². The minimum absolute atomic E-state index is 0.0735. The second-order valence-corrected chi connectivity index (χ2v) is 11.3. The molecule has 4 rings (SSSR count). The van der Waals surface area contributed by atoms with Crippen molar-refractivity contribution in [2.45, 2.75) is 78.7 Å². The second kappa shape index (κ2) is 6.59. The van der Waals surface area contributed by atoms with Gasteiger partial charge < -0.3 is 0 Å². The highest BCUT2D eigenvalue weighted by Gasteiger charge is 2.25. The van der Waals surface area contributed by atoms with Crippen molar-refractivity contribution in [2.24, 2.45) is 0 Å². The molecule has 0 aromatic heterocycles. The molecular formula is C28H34NO. The quantitative estimate of drug-likeness (QED) is 0.244. The lowest BCUT2D eigenvalue weighted by Crippen LogP contribution is -2.24. The van der Waals surface area contributed by atoms with Crippen molar-refractivity contribution >= 4 is 38.0 Å². The largest absolute Gasteiger partial charge is 0.246 e. The molecule has 4 aromatic carbocycles. The molecule has 0 spiro atoms. The molecule has 0 unspecified atom stereocenters. The molecule has 157 valence electrons. The summed E-state index contributed by atoms with van der Waals surface area (Å²) < 4.78 is 35.8. The van der Waals surface area contributed by atoms with Gasteiger partial charge in [-0.2, -0.15) is 0 Å². The Morgan fingerprint density at radius 2 is 1.23 bits per heavy atom. The Balaban J connectivity index is 2.30. The molecule has 0 atom stereocenters. The first kappa shape index (κ1) is 16.4. The van der Waals surface area contributed by atoms with Gasteiger partial charge in [-0.05, 0) is 75.7 Å². The topological polar surface area (TPSA) is 23.3 Å². The van der Waals surface area contributed by atoms with E-state index in [1.165, 1.54) is 0 Å². The first-order valence-corrected chi connectivity index (χ1v) is 10.6. The fourth-order valence-electron chi connectivity index (χ4n) is 3.81. The van der Waals surface area contributed by atoms with E-state index in [0.29, 0.717) is 27.2 Å². The maximum Gasteiger partial charge on any atom is 0.102 e. The molecule has 2 heteroatoms. The van der Waals surface area contributed by atoms with Crippen molar-refractivity contribution in [1.82, 2.24) is 5.48 Å². The first-order chi connectivity index (χ1) is 15.4. The van der Waals surface area contributed by atoms with Gasteiger partial charge in [0.2, 0.25) is 0 Å². The Bertz CT molecular complexity index is 1420. The number of hydrogen-bond acceptors (Lipinski definition) is 1. The average molecular weight is 405 g/mol. The maximum absolute atomic E-state index is 9.05. The van der Waals surface area contributed by atoms with E-state index >= 15 is 0 Å². The van der Waals surface area contributed by atoms with Crippen LogP contribution < -0.4 is 5.48 Å². The van der Waals surface area contributed by atoms with E-state index in [1.807, 2.05) is 39.0 Å². The van der Waals surface area contributed by atoms with Gasteiger partial charge in [0.25, 0.3) is 0 Å². The van der Waals surface area contributed by atoms with Gasteiger partial charge in [0.1, 0.15) is 5.69 Å². The SMILES string of the molecule is [2H]c1c([2H])c2cc(C(C)(C)C)c([N]OC(C)(C)C)c3c([2H])c([2H])c4cc(C(C)(C)C)cc1c4c23. The molecule has 4 aromatic rings. The van der Waals surface area contributed by atoms with E-state index < -0.39 is 5.60 Å². The van der Waals surface area contributed by atoms with E-state index in [2.05, 4.69) is 47.0 Å². The fourth-order valence-corrected chi connectivity index (χ4v) is 3.81. The van der Waals surface area contributed by atoms with Gasteiger partial charge >= 0.3 is 0 Å². The smallest absolute Gasteiger partial charge is 0.102 e. The third-order valence-electron chi connectivity index (χ3n) is 5.43. The first-order valence-electron chi connectivity index (χ1n) is 12.6. The van der Waals surface area contributed by atoms with Crippen LogP contribution in [0.4, 0.5) is 5.69 Å².